The minimum Gasteiger partial charge on any atom is -0.300 e. The Hall–Kier alpha value is -2.39. The summed E-state index contributed by atoms with van der Waals surface area (Å²) in [5, 5.41) is 1.59. The predicted molar refractivity (Wildman–Crippen MR) is 98.2 cm³/mol. The Labute approximate surface area is 145 Å². The van der Waals surface area contributed by atoms with Gasteiger partial charge in [0, 0.05) is 22.0 Å². The molecule has 0 amide bonds. The number of Topliss-reactive ketones (excluding diaryl/α,β-unsaturated/α-hetero) is 1. The van der Waals surface area contributed by atoms with E-state index in [1.165, 1.54) is 0 Å². The van der Waals surface area contributed by atoms with Gasteiger partial charge in [0.1, 0.15) is 0 Å². The quantitative estimate of drug-likeness (QED) is 0.661. The molecule has 0 saturated carbocycles. The normalized spacial score (nSPS) is 11.0. The average Bonchev–Trinajstić information content (AvgIpc) is 2.51. The second-order valence-electron chi connectivity index (χ2n) is 6.16. The summed E-state index contributed by atoms with van der Waals surface area (Å²) in [5.41, 5.74) is 4.27. The Kier molecular flexibility index (Phi) is 4.29. The molecule has 3 rings (SSSR count). The van der Waals surface area contributed by atoms with E-state index in [0.717, 1.165) is 27.6 Å². The number of carbonyl (C=O) groups is 1. The number of nitrogens with zero attached hydrogens (tertiary/aromatic N) is 1. The minimum absolute atomic E-state index is 0.0150. The molecule has 0 unspecified atom stereocenters. The van der Waals surface area contributed by atoms with Gasteiger partial charge in [-0.2, -0.15) is 0 Å². The molecule has 24 heavy (non-hydrogen) atoms. The fourth-order valence-electron chi connectivity index (χ4n) is 3.10. The van der Waals surface area contributed by atoms with Gasteiger partial charge in [-0.1, -0.05) is 23.2 Å². The molecule has 0 fully saturated rings. The first-order valence-corrected chi connectivity index (χ1v) is 8.15. The first kappa shape index (κ1) is 16.5. The molecular formula is C20H18ClNO2. The lowest BCUT2D eigenvalue weighted by atomic mass is 10.0. The van der Waals surface area contributed by atoms with Crippen LogP contribution in [0.4, 0.5) is 0 Å². The van der Waals surface area contributed by atoms with Crippen LogP contribution in [0.5, 0.6) is 0 Å². The van der Waals surface area contributed by atoms with Gasteiger partial charge in [0.15, 0.2) is 5.78 Å². The van der Waals surface area contributed by atoms with E-state index in [0.29, 0.717) is 10.6 Å². The Bertz CT molecular complexity index is 1000. The molecule has 3 aromatic rings. The third-order valence-electron chi connectivity index (χ3n) is 4.21. The molecule has 0 aliphatic carbocycles. The van der Waals surface area contributed by atoms with Gasteiger partial charge in [-0.05, 0) is 62.2 Å². The molecule has 0 radical (unpaired) electrons. The monoisotopic (exact) mass is 339 g/mol. The molecule has 4 heteroatoms. The number of hydrogen-bond donors (Lipinski definition) is 0. The van der Waals surface area contributed by atoms with Gasteiger partial charge in [-0.3, -0.25) is 9.59 Å². The zero-order valence-electron chi connectivity index (χ0n) is 13.9. The fourth-order valence-corrected chi connectivity index (χ4v) is 3.22. The van der Waals surface area contributed by atoms with E-state index in [4.69, 9.17) is 11.6 Å². The van der Waals surface area contributed by atoms with E-state index < -0.39 is 0 Å². The number of carbonyl (C=O) groups excluding carboxylic acids is 1. The van der Waals surface area contributed by atoms with E-state index >= 15 is 0 Å². The van der Waals surface area contributed by atoms with Crippen LogP contribution in [0, 0.1) is 20.8 Å². The van der Waals surface area contributed by atoms with Crippen molar-refractivity contribution in [2.45, 2.75) is 27.3 Å². The highest BCUT2D eigenvalue weighted by Gasteiger charge is 2.14. The Morgan fingerprint density at radius 2 is 1.67 bits per heavy atom. The van der Waals surface area contributed by atoms with Crippen molar-refractivity contribution >= 4 is 28.3 Å². The number of aryl methyl sites for hydroxylation is 3. The highest BCUT2D eigenvalue weighted by molar-refractivity contribution is 6.30. The number of rotatable bonds is 3. The number of benzene rings is 2. The van der Waals surface area contributed by atoms with Crippen LogP contribution in [-0.2, 0) is 6.54 Å². The van der Waals surface area contributed by atoms with Gasteiger partial charge >= 0.3 is 0 Å². The van der Waals surface area contributed by atoms with E-state index in [2.05, 4.69) is 6.07 Å². The van der Waals surface area contributed by atoms with Gasteiger partial charge in [0.25, 0.3) is 5.56 Å². The molecule has 0 bridgehead atoms. The van der Waals surface area contributed by atoms with Crippen LogP contribution < -0.4 is 5.56 Å². The average molecular weight is 340 g/mol. The molecular weight excluding hydrogens is 322 g/mol. The second kappa shape index (κ2) is 6.25. The molecule has 3 nitrogen and oxygen atoms in total. The lowest BCUT2D eigenvalue weighted by molar-refractivity contribution is 0.0972. The molecule has 0 N–H and O–H groups in total. The number of pyridine rings is 1. The molecule has 0 spiro atoms. The van der Waals surface area contributed by atoms with E-state index in [1.807, 2.05) is 26.8 Å². The van der Waals surface area contributed by atoms with Crippen molar-refractivity contribution in [2.75, 3.05) is 0 Å². The molecule has 0 atom stereocenters. The standard InChI is InChI=1S/C20H18ClNO2/c1-12-8-14(3)20-17(9-12)13(2)10-19(24)22(20)11-18(23)15-4-6-16(21)7-5-15/h4-10H,11H2,1-3H3. The fraction of sp³-hybridized carbons (Fsp3) is 0.200. The van der Waals surface area contributed by atoms with Crippen LogP contribution in [0.1, 0.15) is 27.0 Å². The van der Waals surface area contributed by atoms with Gasteiger partial charge in [0.2, 0.25) is 0 Å². The van der Waals surface area contributed by atoms with Crippen molar-refractivity contribution in [3.05, 3.63) is 80.1 Å². The van der Waals surface area contributed by atoms with E-state index in [9.17, 15) is 9.59 Å². The largest absolute Gasteiger partial charge is 0.300 e. The number of fused-ring (bicyclic) bond motifs is 1. The van der Waals surface area contributed by atoms with Crippen LogP contribution >= 0.6 is 11.6 Å². The van der Waals surface area contributed by atoms with E-state index in [-0.39, 0.29) is 17.9 Å². The lowest BCUT2D eigenvalue weighted by Gasteiger charge is -2.14. The van der Waals surface area contributed by atoms with Crippen molar-refractivity contribution in [1.82, 2.24) is 4.57 Å². The SMILES string of the molecule is Cc1cc(C)c2c(c1)c(C)cc(=O)n2CC(=O)c1ccc(Cl)cc1. The number of halogens is 1. The zero-order valence-corrected chi connectivity index (χ0v) is 14.6. The summed E-state index contributed by atoms with van der Waals surface area (Å²) in [6.45, 7) is 5.94. The summed E-state index contributed by atoms with van der Waals surface area (Å²) in [6, 6.07) is 12.4. The summed E-state index contributed by atoms with van der Waals surface area (Å²) in [7, 11) is 0. The number of ketones is 1. The minimum atomic E-state index is -0.158. The topological polar surface area (TPSA) is 39.1 Å². The summed E-state index contributed by atoms with van der Waals surface area (Å²) < 4.78 is 1.56. The summed E-state index contributed by atoms with van der Waals surface area (Å²) in [4.78, 5) is 25.1. The summed E-state index contributed by atoms with van der Waals surface area (Å²) in [5.74, 6) is -0.112. The van der Waals surface area contributed by atoms with Crippen LogP contribution in [0.3, 0.4) is 0 Å². The van der Waals surface area contributed by atoms with Crippen molar-refractivity contribution in [3.8, 4) is 0 Å². The molecule has 122 valence electrons. The maximum Gasteiger partial charge on any atom is 0.251 e. The van der Waals surface area contributed by atoms with Gasteiger partial charge in [-0.25, -0.2) is 0 Å². The van der Waals surface area contributed by atoms with Crippen molar-refractivity contribution < 1.29 is 4.79 Å². The zero-order chi connectivity index (χ0) is 17.4. The first-order chi connectivity index (χ1) is 11.4. The highest BCUT2D eigenvalue weighted by atomic mass is 35.5. The number of aromatic nitrogens is 1. The molecule has 0 saturated heterocycles. The van der Waals surface area contributed by atoms with Gasteiger partial charge in [0.05, 0.1) is 12.1 Å². The molecule has 0 aliphatic rings. The molecule has 1 heterocycles. The van der Waals surface area contributed by atoms with Crippen molar-refractivity contribution in [2.24, 2.45) is 0 Å². The van der Waals surface area contributed by atoms with Gasteiger partial charge in [-0.15, -0.1) is 0 Å². The van der Waals surface area contributed by atoms with Crippen LogP contribution in [0.25, 0.3) is 10.9 Å². The van der Waals surface area contributed by atoms with Crippen LogP contribution in [-0.4, -0.2) is 10.4 Å². The maximum atomic E-state index is 12.6. The lowest BCUT2D eigenvalue weighted by Crippen LogP contribution is -2.25. The maximum absolute atomic E-state index is 12.6. The summed E-state index contributed by atoms with van der Waals surface area (Å²) >= 11 is 5.87. The second-order valence-corrected chi connectivity index (χ2v) is 6.60. The highest BCUT2D eigenvalue weighted by Crippen LogP contribution is 2.22. The van der Waals surface area contributed by atoms with Crippen LogP contribution in [0.2, 0.25) is 5.02 Å². The van der Waals surface area contributed by atoms with Crippen LogP contribution in [0.15, 0.2) is 47.3 Å². The Morgan fingerprint density at radius 1 is 1.00 bits per heavy atom. The first-order valence-electron chi connectivity index (χ1n) is 7.77. The third-order valence-corrected chi connectivity index (χ3v) is 4.47. The van der Waals surface area contributed by atoms with Gasteiger partial charge < -0.3 is 4.57 Å². The Balaban J connectivity index is 2.14. The third kappa shape index (κ3) is 3.00. The number of hydrogen-bond acceptors (Lipinski definition) is 2. The predicted octanol–water partition coefficient (Wildman–Crippen LogP) is 4.46. The molecule has 0 aliphatic heterocycles. The van der Waals surface area contributed by atoms with E-state index in [1.54, 1.807) is 34.9 Å². The Morgan fingerprint density at radius 3 is 2.33 bits per heavy atom. The van der Waals surface area contributed by atoms with Crippen molar-refractivity contribution in [1.29, 1.82) is 0 Å². The summed E-state index contributed by atoms with van der Waals surface area (Å²) in [6.07, 6.45) is 0. The smallest absolute Gasteiger partial charge is 0.251 e. The molecule has 1 aromatic heterocycles. The molecule has 2 aromatic carbocycles. The van der Waals surface area contributed by atoms with Crippen molar-refractivity contribution in [3.63, 3.8) is 0 Å².